The molecule has 9 heteroatoms. The quantitative estimate of drug-likeness (QED) is 0.476. The van der Waals surface area contributed by atoms with Crippen molar-refractivity contribution >= 4 is 39.2 Å². The maximum Gasteiger partial charge on any atom is 0.326 e. The Morgan fingerprint density at radius 3 is 2.53 bits per heavy atom. The number of nitrogens with one attached hydrogen (secondary N) is 1. The Balaban J connectivity index is 2.08. The van der Waals surface area contributed by atoms with Crippen LogP contribution in [0.1, 0.15) is 30.5 Å². The first-order valence-electron chi connectivity index (χ1n) is 9.58. The molecule has 0 radical (unpaired) electrons. The number of carbonyl (C=O) groups is 2. The number of carboxylic acid groups (broad SMARTS) is 1. The predicted molar refractivity (Wildman–Crippen MR) is 117 cm³/mol. The molecule has 1 aromatic carbocycles. The Labute approximate surface area is 178 Å². The van der Waals surface area contributed by atoms with Gasteiger partial charge in [-0.05, 0) is 44.9 Å². The van der Waals surface area contributed by atoms with Crippen LogP contribution in [0.4, 0.5) is 5.82 Å². The van der Waals surface area contributed by atoms with Crippen molar-refractivity contribution in [3.63, 3.8) is 0 Å². The number of anilines is 1. The summed E-state index contributed by atoms with van der Waals surface area (Å²) in [4.78, 5) is 33.7. The van der Waals surface area contributed by atoms with Crippen LogP contribution in [-0.2, 0) is 9.59 Å². The number of hydrogen-bond acceptors (Lipinski definition) is 7. The topological polar surface area (TPSA) is 127 Å². The minimum atomic E-state index is -1.07. The number of aromatic nitrogens is 2. The fourth-order valence-electron chi connectivity index (χ4n) is 3.26. The van der Waals surface area contributed by atoms with E-state index in [1.54, 1.807) is 6.92 Å². The van der Waals surface area contributed by atoms with E-state index in [1.807, 2.05) is 38.1 Å². The van der Waals surface area contributed by atoms with Gasteiger partial charge in [0.2, 0.25) is 5.91 Å². The first kappa shape index (κ1) is 21.5. The summed E-state index contributed by atoms with van der Waals surface area (Å²) in [6, 6.07) is 6.73. The molecule has 0 spiro atoms. The van der Waals surface area contributed by atoms with Crippen molar-refractivity contribution in [1.29, 1.82) is 0 Å². The highest BCUT2D eigenvalue weighted by Gasteiger charge is 2.23. The molecular weight excluding hydrogens is 404 g/mol. The lowest BCUT2D eigenvalue weighted by molar-refractivity contribution is -0.138. The molecule has 1 amide bonds. The highest BCUT2D eigenvalue weighted by atomic mass is 32.1. The number of aryl methyl sites for hydroxylation is 2. The number of carboxylic acids is 1. The fourth-order valence-corrected chi connectivity index (χ4v) is 4.35. The van der Waals surface area contributed by atoms with Gasteiger partial charge in [-0.25, -0.2) is 14.8 Å². The number of benzene rings is 1. The molecule has 0 bridgehead atoms. The number of nitrogens with two attached hydrogens (primary N) is 1. The van der Waals surface area contributed by atoms with Gasteiger partial charge in [0.15, 0.2) is 0 Å². The van der Waals surface area contributed by atoms with Crippen molar-refractivity contribution in [2.75, 3.05) is 11.9 Å². The van der Waals surface area contributed by atoms with Crippen molar-refractivity contribution in [3.8, 4) is 16.9 Å². The number of carbonyl (C=O) groups excluding carboxylic acids is 1. The van der Waals surface area contributed by atoms with Crippen LogP contribution < -0.4 is 15.8 Å². The van der Waals surface area contributed by atoms with Crippen LogP contribution in [-0.4, -0.2) is 39.6 Å². The Morgan fingerprint density at radius 1 is 1.23 bits per heavy atom. The van der Waals surface area contributed by atoms with E-state index in [2.05, 4.69) is 15.3 Å². The van der Waals surface area contributed by atoms with E-state index in [1.165, 1.54) is 11.3 Å². The lowest BCUT2D eigenvalue weighted by Crippen LogP contribution is -2.31. The standard InChI is InChI=1S/C21H24N4O4S/c1-4-29-14-7-5-13(6-8-14)17-11(2)30-20-18(17)19(23-12(3)24-20)25-15(21(27)28)9-10-16(22)26/h5-8,15H,4,9-10H2,1-3H3,(H2,22,26)(H,27,28)(H,23,24,25). The predicted octanol–water partition coefficient (Wildman–Crippen LogP) is 3.50. The number of amides is 1. The molecule has 8 nitrogen and oxygen atoms in total. The van der Waals surface area contributed by atoms with Gasteiger partial charge in [0.05, 0.1) is 12.0 Å². The average molecular weight is 429 g/mol. The summed E-state index contributed by atoms with van der Waals surface area (Å²) in [5, 5.41) is 13.4. The molecule has 158 valence electrons. The highest BCUT2D eigenvalue weighted by molar-refractivity contribution is 7.19. The first-order chi connectivity index (χ1) is 14.3. The van der Waals surface area contributed by atoms with Gasteiger partial charge in [-0.2, -0.15) is 0 Å². The lowest BCUT2D eigenvalue weighted by Gasteiger charge is -2.16. The smallest absolute Gasteiger partial charge is 0.326 e. The summed E-state index contributed by atoms with van der Waals surface area (Å²) in [5.74, 6) is 0.121. The zero-order chi connectivity index (χ0) is 21.8. The monoisotopic (exact) mass is 428 g/mol. The fraction of sp³-hybridized carbons (Fsp3) is 0.333. The second-order valence-corrected chi connectivity index (χ2v) is 8.03. The molecule has 1 atom stereocenters. The molecule has 2 aromatic heterocycles. The number of rotatable bonds is 9. The van der Waals surface area contributed by atoms with Gasteiger partial charge in [-0.1, -0.05) is 12.1 Å². The lowest BCUT2D eigenvalue weighted by atomic mass is 10.0. The van der Waals surface area contributed by atoms with Crippen LogP contribution >= 0.6 is 11.3 Å². The minimum absolute atomic E-state index is 0.0361. The van der Waals surface area contributed by atoms with E-state index < -0.39 is 17.9 Å². The molecule has 0 saturated carbocycles. The van der Waals surface area contributed by atoms with E-state index in [0.29, 0.717) is 18.2 Å². The average Bonchev–Trinajstić information content (AvgIpc) is 3.01. The molecule has 0 aliphatic heterocycles. The van der Waals surface area contributed by atoms with Gasteiger partial charge in [-0.15, -0.1) is 11.3 Å². The zero-order valence-corrected chi connectivity index (χ0v) is 17.9. The van der Waals surface area contributed by atoms with Crippen molar-refractivity contribution in [3.05, 3.63) is 35.0 Å². The van der Waals surface area contributed by atoms with Gasteiger partial charge >= 0.3 is 5.97 Å². The van der Waals surface area contributed by atoms with E-state index in [0.717, 1.165) is 32.0 Å². The molecule has 3 aromatic rings. The number of thiophene rings is 1. The number of hydrogen-bond donors (Lipinski definition) is 3. The summed E-state index contributed by atoms with van der Waals surface area (Å²) in [5.41, 5.74) is 7.10. The second kappa shape index (κ2) is 9.08. The van der Waals surface area contributed by atoms with Gasteiger partial charge in [-0.3, -0.25) is 4.79 Å². The Morgan fingerprint density at radius 2 is 1.93 bits per heavy atom. The molecule has 1 unspecified atom stereocenters. The molecule has 0 aliphatic carbocycles. The summed E-state index contributed by atoms with van der Waals surface area (Å²) in [6.45, 7) is 6.27. The maximum atomic E-state index is 11.7. The van der Waals surface area contributed by atoms with Crippen LogP contribution in [0.5, 0.6) is 5.75 Å². The van der Waals surface area contributed by atoms with E-state index in [4.69, 9.17) is 10.5 Å². The zero-order valence-electron chi connectivity index (χ0n) is 17.1. The van der Waals surface area contributed by atoms with Crippen LogP contribution in [0.2, 0.25) is 0 Å². The maximum absolute atomic E-state index is 11.7. The van der Waals surface area contributed by atoms with Gasteiger partial charge in [0, 0.05) is 16.9 Å². The Bertz CT molecular complexity index is 1080. The number of primary amides is 1. The van der Waals surface area contributed by atoms with Gasteiger partial charge < -0.3 is 20.9 Å². The molecule has 0 aliphatic rings. The van der Waals surface area contributed by atoms with Crippen molar-refractivity contribution < 1.29 is 19.4 Å². The summed E-state index contributed by atoms with van der Waals surface area (Å²) in [6.07, 6.45) is 0.0301. The third-order valence-corrected chi connectivity index (χ3v) is 5.58. The number of ether oxygens (including phenoxy) is 1. The summed E-state index contributed by atoms with van der Waals surface area (Å²) < 4.78 is 5.52. The van der Waals surface area contributed by atoms with E-state index in [-0.39, 0.29) is 12.8 Å². The minimum Gasteiger partial charge on any atom is -0.494 e. The number of aliphatic carboxylic acids is 1. The number of nitrogens with zero attached hydrogens (tertiary/aromatic N) is 2. The van der Waals surface area contributed by atoms with Crippen molar-refractivity contribution in [2.24, 2.45) is 5.73 Å². The number of fused-ring (bicyclic) bond motifs is 1. The van der Waals surface area contributed by atoms with Gasteiger partial charge in [0.1, 0.15) is 28.3 Å². The third-order valence-electron chi connectivity index (χ3n) is 4.58. The first-order valence-corrected chi connectivity index (χ1v) is 10.4. The molecule has 0 fully saturated rings. The second-order valence-electron chi connectivity index (χ2n) is 6.83. The van der Waals surface area contributed by atoms with E-state index in [9.17, 15) is 14.7 Å². The molecule has 4 N–H and O–H groups in total. The summed E-state index contributed by atoms with van der Waals surface area (Å²) in [7, 11) is 0. The molecule has 2 heterocycles. The third kappa shape index (κ3) is 4.68. The Hall–Kier alpha value is -3.20. The molecular formula is C21H24N4O4S. The molecule has 30 heavy (non-hydrogen) atoms. The summed E-state index contributed by atoms with van der Waals surface area (Å²) >= 11 is 1.53. The Kier molecular flexibility index (Phi) is 6.51. The SMILES string of the molecule is CCOc1ccc(-c2c(C)sc3nc(C)nc(NC(CCC(N)=O)C(=O)O)c23)cc1. The van der Waals surface area contributed by atoms with Crippen LogP contribution in [0.3, 0.4) is 0 Å². The van der Waals surface area contributed by atoms with Crippen LogP contribution in [0.15, 0.2) is 24.3 Å². The molecule has 3 rings (SSSR count). The van der Waals surface area contributed by atoms with Crippen molar-refractivity contribution in [1.82, 2.24) is 9.97 Å². The normalized spacial score (nSPS) is 12.0. The van der Waals surface area contributed by atoms with Crippen LogP contribution in [0.25, 0.3) is 21.3 Å². The van der Waals surface area contributed by atoms with Crippen molar-refractivity contribution in [2.45, 2.75) is 39.7 Å². The molecule has 0 saturated heterocycles. The van der Waals surface area contributed by atoms with Crippen LogP contribution in [0, 0.1) is 13.8 Å². The van der Waals surface area contributed by atoms with Gasteiger partial charge in [0.25, 0.3) is 0 Å². The highest BCUT2D eigenvalue weighted by Crippen LogP contribution is 2.41. The van der Waals surface area contributed by atoms with E-state index >= 15 is 0 Å². The largest absolute Gasteiger partial charge is 0.494 e.